The molecule has 0 saturated heterocycles. The van der Waals surface area contributed by atoms with E-state index in [1.165, 1.54) is 41.8 Å². The molecule has 0 fully saturated rings. The lowest BCUT2D eigenvalue weighted by atomic mass is 9.91. The van der Waals surface area contributed by atoms with Gasteiger partial charge in [0.2, 0.25) is 5.91 Å². The number of benzene rings is 5. The molecule has 3 N–H and O–H groups in total. The van der Waals surface area contributed by atoms with Crippen molar-refractivity contribution in [2.24, 2.45) is 5.73 Å². The Hall–Kier alpha value is -5.03. The number of ether oxygens (including phenoxy) is 4. The third kappa shape index (κ3) is 9.97. The molecule has 7 nitrogen and oxygen atoms in total. The van der Waals surface area contributed by atoms with Crippen molar-refractivity contribution < 1.29 is 23.7 Å². The number of thiophene rings is 2. The second kappa shape index (κ2) is 20.1. The average molecular weight is 813 g/mol. The minimum atomic E-state index is 0.0644. The van der Waals surface area contributed by atoms with Crippen LogP contribution in [0.2, 0.25) is 0 Å². The molecule has 2 aromatic heterocycles. The topological polar surface area (TPSA) is 92.0 Å². The summed E-state index contributed by atoms with van der Waals surface area (Å²) in [6.45, 7) is 5.49. The molecule has 5 aromatic carbocycles. The van der Waals surface area contributed by atoms with E-state index in [2.05, 4.69) is 121 Å². The van der Waals surface area contributed by atoms with Crippen molar-refractivity contribution in [3.05, 3.63) is 120 Å². The predicted octanol–water partition coefficient (Wildman–Crippen LogP) is 11.3. The molecule has 1 amide bonds. The molecular weight excluding hydrogens is 761 g/mol. The van der Waals surface area contributed by atoms with E-state index in [9.17, 15) is 4.79 Å². The van der Waals surface area contributed by atoms with Crippen LogP contribution in [-0.4, -0.2) is 59.6 Å². The summed E-state index contributed by atoms with van der Waals surface area (Å²) in [7, 11) is 3.44. The van der Waals surface area contributed by atoms with E-state index in [1.807, 2.05) is 22.7 Å². The summed E-state index contributed by atoms with van der Waals surface area (Å²) >= 11 is 3.63. The molecule has 7 rings (SSSR count). The van der Waals surface area contributed by atoms with Crippen molar-refractivity contribution in [1.82, 2.24) is 5.32 Å². The zero-order chi connectivity index (χ0) is 40.3. The van der Waals surface area contributed by atoms with Crippen LogP contribution in [-0.2, 0) is 20.7 Å². The van der Waals surface area contributed by atoms with Gasteiger partial charge in [-0.05, 0) is 100 Å². The fourth-order valence-electron chi connectivity index (χ4n) is 7.26. The second-order valence-corrected chi connectivity index (χ2v) is 16.6. The highest BCUT2D eigenvalue weighted by Gasteiger charge is 2.20. The fourth-order valence-corrected chi connectivity index (χ4v) is 9.36. The summed E-state index contributed by atoms with van der Waals surface area (Å²) in [5.74, 6) is 1.73. The molecule has 0 radical (unpaired) electrons. The van der Waals surface area contributed by atoms with Gasteiger partial charge >= 0.3 is 0 Å². The summed E-state index contributed by atoms with van der Waals surface area (Å²) in [6, 6.07) is 39.6. The highest BCUT2D eigenvalue weighted by Crippen LogP contribution is 2.47. The van der Waals surface area contributed by atoms with Gasteiger partial charge in [-0.15, -0.1) is 22.7 Å². The van der Waals surface area contributed by atoms with Gasteiger partial charge in [-0.3, -0.25) is 4.79 Å². The maximum Gasteiger partial charge on any atom is 0.220 e. The van der Waals surface area contributed by atoms with Gasteiger partial charge in [0.25, 0.3) is 0 Å². The minimum absolute atomic E-state index is 0.0644. The Morgan fingerprint density at radius 3 is 1.76 bits per heavy atom. The predicted molar refractivity (Wildman–Crippen MR) is 243 cm³/mol. The fraction of sp³-hybridized carbons (Fsp3) is 0.286. The number of carbonyl (C=O) groups excluding carboxylic acids is 1. The number of rotatable bonds is 20. The lowest BCUT2D eigenvalue weighted by Gasteiger charge is -2.20. The van der Waals surface area contributed by atoms with Gasteiger partial charge in [-0.25, -0.2) is 0 Å². The van der Waals surface area contributed by atoms with Gasteiger partial charge in [-0.1, -0.05) is 72.3 Å². The molecule has 58 heavy (non-hydrogen) atoms. The van der Waals surface area contributed by atoms with E-state index in [0.29, 0.717) is 45.9 Å². The zero-order valence-electron chi connectivity index (χ0n) is 33.6. The summed E-state index contributed by atoms with van der Waals surface area (Å²) in [6.07, 6.45) is 3.79. The van der Waals surface area contributed by atoms with Gasteiger partial charge in [0.05, 0.1) is 13.2 Å². The Morgan fingerprint density at radius 2 is 1.16 bits per heavy atom. The van der Waals surface area contributed by atoms with Crippen LogP contribution < -0.4 is 20.5 Å². The van der Waals surface area contributed by atoms with Crippen molar-refractivity contribution in [3.63, 3.8) is 0 Å². The number of fused-ring (bicyclic) bond motifs is 2. The van der Waals surface area contributed by atoms with Crippen molar-refractivity contribution in [2.45, 2.75) is 39.0 Å². The first-order chi connectivity index (χ1) is 28.4. The third-order valence-electron chi connectivity index (χ3n) is 10.2. The molecule has 300 valence electrons. The smallest absolute Gasteiger partial charge is 0.220 e. The van der Waals surface area contributed by atoms with Gasteiger partial charge in [0, 0.05) is 90.4 Å². The van der Waals surface area contributed by atoms with Gasteiger partial charge < -0.3 is 30.0 Å². The molecule has 2 heterocycles. The minimum Gasteiger partial charge on any atom is -0.493 e. The first kappa shape index (κ1) is 41.1. The number of hydrogen-bond donors (Lipinski definition) is 2. The van der Waals surface area contributed by atoms with Crippen LogP contribution in [0.25, 0.3) is 63.3 Å². The van der Waals surface area contributed by atoms with Crippen molar-refractivity contribution in [2.75, 3.05) is 53.7 Å². The van der Waals surface area contributed by atoms with Crippen LogP contribution >= 0.6 is 22.7 Å². The Bertz CT molecular complexity index is 2450. The Morgan fingerprint density at radius 1 is 0.603 bits per heavy atom. The largest absolute Gasteiger partial charge is 0.493 e. The van der Waals surface area contributed by atoms with E-state index in [0.717, 1.165) is 69.9 Å². The third-order valence-corrected chi connectivity index (χ3v) is 12.6. The van der Waals surface area contributed by atoms with Crippen molar-refractivity contribution in [1.29, 1.82) is 0 Å². The van der Waals surface area contributed by atoms with Gasteiger partial charge in [0.15, 0.2) is 0 Å². The maximum atomic E-state index is 11.9. The standard InChI is InChI=1S/C49H52N2O5S2/c1-33-9-17-39-36(31-33)15-19-41(55-29-5-27-53-2)48(39)49-40-18-14-38(32-37(40)16-20-42(49)56-30-6-28-54-3)44-22-24-46(58-44)45-23-21-43(57-45)35-12-10-34(11-13-35)7-4-8-47(52)51-26-25-50/h9-24,31-32H,4-8,25-30,50H2,1-3H3,(H,51,52). The normalized spacial score (nSPS) is 11.4. The van der Waals surface area contributed by atoms with Crippen molar-refractivity contribution in [3.8, 4) is 53.3 Å². The van der Waals surface area contributed by atoms with E-state index in [-0.39, 0.29) is 5.91 Å². The summed E-state index contributed by atoms with van der Waals surface area (Å²) in [5.41, 5.74) is 12.4. The molecule has 0 saturated carbocycles. The Kier molecular flexibility index (Phi) is 14.3. The molecule has 0 aliphatic heterocycles. The second-order valence-electron chi connectivity index (χ2n) is 14.4. The highest BCUT2D eigenvalue weighted by molar-refractivity contribution is 7.25. The number of amides is 1. The van der Waals surface area contributed by atoms with Gasteiger partial charge in [0.1, 0.15) is 11.5 Å². The van der Waals surface area contributed by atoms with Crippen LogP contribution in [0, 0.1) is 6.92 Å². The Balaban J connectivity index is 1.16. The average Bonchev–Trinajstić information content (AvgIpc) is 3.94. The number of aryl methyl sites for hydroxylation is 2. The monoisotopic (exact) mass is 812 g/mol. The van der Waals surface area contributed by atoms with Gasteiger partial charge in [-0.2, -0.15) is 0 Å². The number of methoxy groups -OCH3 is 2. The van der Waals surface area contributed by atoms with Crippen LogP contribution in [0.5, 0.6) is 11.5 Å². The molecule has 9 heteroatoms. The molecule has 0 unspecified atom stereocenters. The van der Waals surface area contributed by atoms with Crippen LogP contribution in [0.15, 0.2) is 109 Å². The van der Waals surface area contributed by atoms with E-state index in [4.69, 9.17) is 24.7 Å². The summed E-state index contributed by atoms with van der Waals surface area (Å²) in [5, 5.41) is 7.38. The van der Waals surface area contributed by atoms with Crippen LogP contribution in [0.4, 0.5) is 0 Å². The quantitative estimate of drug-likeness (QED) is 0.0745. The number of hydrogen-bond acceptors (Lipinski definition) is 8. The number of nitrogens with two attached hydrogens (primary N) is 1. The van der Waals surface area contributed by atoms with Crippen LogP contribution in [0.3, 0.4) is 0 Å². The molecule has 7 aromatic rings. The zero-order valence-corrected chi connectivity index (χ0v) is 35.2. The highest BCUT2D eigenvalue weighted by atomic mass is 32.1. The first-order valence-corrected chi connectivity index (χ1v) is 21.7. The summed E-state index contributed by atoms with van der Waals surface area (Å²) < 4.78 is 23.7. The number of nitrogens with one attached hydrogen (secondary N) is 1. The van der Waals surface area contributed by atoms with E-state index < -0.39 is 0 Å². The molecule has 0 atom stereocenters. The van der Waals surface area contributed by atoms with Crippen LogP contribution in [0.1, 0.15) is 36.8 Å². The lowest BCUT2D eigenvalue weighted by Crippen LogP contribution is -2.28. The molecule has 0 spiro atoms. The number of carbonyl (C=O) groups is 1. The van der Waals surface area contributed by atoms with Crippen molar-refractivity contribution >= 4 is 50.1 Å². The van der Waals surface area contributed by atoms with E-state index in [1.54, 1.807) is 14.2 Å². The molecular formula is C49H52N2O5S2. The maximum absolute atomic E-state index is 11.9. The lowest BCUT2D eigenvalue weighted by molar-refractivity contribution is -0.121. The Labute approximate surface area is 349 Å². The van der Waals surface area contributed by atoms with E-state index >= 15 is 0 Å². The molecule has 0 aliphatic carbocycles. The molecule has 0 aliphatic rings. The molecule has 0 bridgehead atoms. The first-order valence-electron chi connectivity index (χ1n) is 20.1. The SMILES string of the molecule is COCCCOc1ccc2cc(C)ccc2c1-c1c(OCCCOC)ccc2cc(-c3ccc(-c4ccc(-c5ccc(CCCC(=O)NCCN)cc5)s4)s3)ccc12. The summed E-state index contributed by atoms with van der Waals surface area (Å²) in [4.78, 5) is 16.9.